The number of rotatable bonds is 2. The van der Waals surface area contributed by atoms with Gasteiger partial charge in [-0.2, -0.15) is 5.26 Å². The standard InChI is InChI=1S/C9H6N4O2S/c10-3-6-4-13(9(15)12-8(6)14)5-7-11-1-2-16-7/h1-2,4H,5H2,(H,12,14,15). The highest BCUT2D eigenvalue weighted by molar-refractivity contribution is 7.09. The van der Waals surface area contributed by atoms with E-state index in [2.05, 4.69) is 9.97 Å². The number of thiazole rings is 1. The predicted octanol–water partition coefficient (Wildman–Crippen LogP) is -0.0869. The second-order valence-electron chi connectivity index (χ2n) is 2.97. The van der Waals surface area contributed by atoms with Crippen molar-refractivity contribution in [2.75, 3.05) is 0 Å². The Labute approximate surface area is 93.4 Å². The van der Waals surface area contributed by atoms with Crippen molar-refractivity contribution in [2.24, 2.45) is 0 Å². The highest BCUT2D eigenvalue weighted by Gasteiger charge is 2.05. The zero-order chi connectivity index (χ0) is 11.5. The number of aromatic nitrogens is 3. The number of hydrogen-bond donors (Lipinski definition) is 1. The second-order valence-corrected chi connectivity index (χ2v) is 3.95. The van der Waals surface area contributed by atoms with Crippen LogP contribution in [0.2, 0.25) is 0 Å². The van der Waals surface area contributed by atoms with Crippen molar-refractivity contribution in [1.29, 1.82) is 5.26 Å². The number of hydrogen-bond acceptors (Lipinski definition) is 5. The molecule has 80 valence electrons. The van der Waals surface area contributed by atoms with E-state index < -0.39 is 11.2 Å². The highest BCUT2D eigenvalue weighted by Crippen LogP contribution is 2.04. The van der Waals surface area contributed by atoms with Crippen LogP contribution in [0.25, 0.3) is 0 Å². The lowest BCUT2D eigenvalue weighted by Gasteiger charge is -2.01. The molecule has 2 rings (SSSR count). The summed E-state index contributed by atoms with van der Waals surface area (Å²) in [5.41, 5.74) is -1.29. The van der Waals surface area contributed by atoms with Crippen LogP contribution in [0.5, 0.6) is 0 Å². The Morgan fingerprint density at radius 2 is 2.38 bits per heavy atom. The van der Waals surface area contributed by atoms with Crippen molar-refractivity contribution in [2.45, 2.75) is 6.54 Å². The molecular weight excluding hydrogens is 228 g/mol. The smallest absolute Gasteiger partial charge is 0.292 e. The van der Waals surface area contributed by atoms with Gasteiger partial charge >= 0.3 is 5.69 Å². The van der Waals surface area contributed by atoms with E-state index in [0.29, 0.717) is 0 Å². The van der Waals surface area contributed by atoms with Crippen LogP contribution in [-0.2, 0) is 6.54 Å². The fourth-order valence-corrected chi connectivity index (χ4v) is 1.80. The van der Waals surface area contributed by atoms with Crippen LogP contribution in [0.1, 0.15) is 10.6 Å². The van der Waals surface area contributed by atoms with Crippen LogP contribution in [0, 0.1) is 11.3 Å². The minimum Gasteiger partial charge on any atom is -0.292 e. The largest absolute Gasteiger partial charge is 0.328 e. The molecule has 0 aliphatic rings. The average molecular weight is 234 g/mol. The number of nitrogens with one attached hydrogen (secondary N) is 1. The molecule has 0 unspecified atom stereocenters. The van der Waals surface area contributed by atoms with Gasteiger partial charge < -0.3 is 0 Å². The minimum absolute atomic E-state index is 0.0869. The third-order valence-corrected chi connectivity index (χ3v) is 2.68. The first-order chi connectivity index (χ1) is 7.70. The van der Waals surface area contributed by atoms with Gasteiger partial charge in [0.2, 0.25) is 0 Å². The maximum absolute atomic E-state index is 11.4. The summed E-state index contributed by atoms with van der Waals surface area (Å²) in [4.78, 5) is 28.6. The molecule has 0 saturated carbocycles. The van der Waals surface area contributed by atoms with Crippen LogP contribution >= 0.6 is 11.3 Å². The van der Waals surface area contributed by atoms with Gasteiger partial charge in [0.15, 0.2) is 0 Å². The lowest BCUT2D eigenvalue weighted by atomic mass is 10.4. The van der Waals surface area contributed by atoms with Crippen molar-refractivity contribution in [3.05, 3.63) is 49.2 Å². The molecule has 0 fully saturated rings. The third-order valence-electron chi connectivity index (χ3n) is 1.92. The molecule has 2 aromatic heterocycles. The van der Waals surface area contributed by atoms with E-state index >= 15 is 0 Å². The number of nitriles is 1. The molecule has 0 aliphatic heterocycles. The molecule has 7 heteroatoms. The van der Waals surface area contributed by atoms with Crippen LogP contribution in [0.4, 0.5) is 0 Å². The summed E-state index contributed by atoms with van der Waals surface area (Å²) in [7, 11) is 0. The second kappa shape index (κ2) is 4.12. The summed E-state index contributed by atoms with van der Waals surface area (Å²) in [5.74, 6) is 0. The van der Waals surface area contributed by atoms with E-state index in [1.807, 2.05) is 0 Å². The molecule has 0 radical (unpaired) electrons. The topological polar surface area (TPSA) is 91.5 Å². The Kier molecular flexibility index (Phi) is 2.66. The lowest BCUT2D eigenvalue weighted by Crippen LogP contribution is -2.31. The van der Waals surface area contributed by atoms with Gasteiger partial charge in [0.25, 0.3) is 5.56 Å². The molecule has 0 atom stereocenters. The van der Waals surface area contributed by atoms with E-state index in [4.69, 9.17) is 5.26 Å². The molecule has 0 saturated heterocycles. The van der Waals surface area contributed by atoms with E-state index in [1.165, 1.54) is 22.1 Å². The first kappa shape index (κ1) is 10.3. The Morgan fingerprint density at radius 1 is 1.56 bits per heavy atom. The molecule has 0 aromatic carbocycles. The van der Waals surface area contributed by atoms with Gasteiger partial charge in [-0.3, -0.25) is 14.3 Å². The Bertz CT molecular complexity index is 647. The van der Waals surface area contributed by atoms with Crippen molar-refractivity contribution >= 4 is 11.3 Å². The van der Waals surface area contributed by atoms with E-state index in [1.54, 1.807) is 17.6 Å². The fourth-order valence-electron chi connectivity index (χ4n) is 1.18. The van der Waals surface area contributed by atoms with Crippen LogP contribution in [0.15, 0.2) is 27.4 Å². The Morgan fingerprint density at radius 3 is 3.00 bits per heavy atom. The van der Waals surface area contributed by atoms with Gasteiger partial charge in [0, 0.05) is 17.8 Å². The molecule has 2 aromatic rings. The molecule has 16 heavy (non-hydrogen) atoms. The van der Waals surface area contributed by atoms with Crippen molar-refractivity contribution in [3.63, 3.8) is 0 Å². The van der Waals surface area contributed by atoms with Crippen molar-refractivity contribution in [1.82, 2.24) is 14.5 Å². The first-order valence-corrected chi connectivity index (χ1v) is 5.21. The highest BCUT2D eigenvalue weighted by atomic mass is 32.1. The van der Waals surface area contributed by atoms with Gasteiger partial charge in [0.05, 0.1) is 6.54 Å². The molecular formula is C9H6N4O2S. The fraction of sp³-hybridized carbons (Fsp3) is 0.111. The van der Waals surface area contributed by atoms with Crippen LogP contribution < -0.4 is 11.2 Å². The quantitative estimate of drug-likeness (QED) is 0.786. The van der Waals surface area contributed by atoms with Gasteiger partial charge in [-0.05, 0) is 0 Å². The molecule has 2 heterocycles. The van der Waals surface area contributed by atoms with Crippen LogP contribution in [-0.4, -0.2) is 14.5 Å². The van der Waals surface area contributed by atoms with E-state index in [0.717, 1.165) is 5.01 Å². The molecule has 0 spiro atoms. The molecule has 6 nitrogen and oxygen atoms in total. The summed E-state index contributed by atoms with van der Waals surface area (Å²) in [5, 5.41) is 11.2. The van der Waals surface area contributed by atoms with E-state index in [-0.39, 0.29) is 12.1 Å². The maximum atomic E-state index is 11.4. The molecule has 0 amide bonds. The molecule has 0 bridgehead atoms. The summed E-state index contributed by atoms with van der Waals surface area (Å²) in [6, 6.07) is 1.72. The minimum atomic E-state index is -0.664. The van der Waals surface area contributed by atoms with Crippen molar-refractivity contribution < 1.29 is 0 Å². The van der Waals surface area contributed by atoms with Gasteiger partial charge in [-0.1, -0.05) is 0 Å². The average Bonchev–Trinajstić information content (AvgIpc) is 2.75. The van der Waals surface area contributed by atoms with E-state index in [9.17, 15) is 9.59 Å². The van der Waals surface area contributed by atoms with Crippen molar-refractivity contribution in [3.8, 4) is 6.07 Å². The number of aromatic amines is 1. The predicted molar refractivity (Wildman–Crippen MR) is 57.3 cm³/mol. The summed E-state index contributed by atoms with van der Waals surface area (Å²) < 4.78 is 1.25. The number of H-pyrrole nitrogens is 1. The third kappa shape index (κ3) is 1.92. The SMILES string of the molecule is N#Cc1cn(Cc2nccs2)c(=O)[nH]c1=O. The molecule has 0 aliphatic carbocycles. The first-order valence-electron chi connectivity index (χ1n) is 4.33. The zero-order valence-electron chi connectivity index (χ0n) is 8.01. The summed E-state index contributed by atoms with van der Waals surface area (Å²) in [6.45, 7) is 0.252. The van der Waals surface area contributed by atoms with Gasteiger partial charge in [-0.25, -0.2) is 9.78 Å². The van der Waals surface area contributed by atoms with Gasteiger partial charge in [0.1, 0.15) is 16.6 Å². The van der Waals surface area contributed by atoms with Crippen LogP contribution in [0.3, 0.4) is 0 Å². The summed E-state index contributed by atoms with van der Waals surface area (Å²) >= 11 is 1.40. The molecule has 1 N–H and O–H groups in total. The Balaban J connectivity index is 2.46. The maximum Gasteiger partial charge on any atom is 0.328 e. The Hall–Kier alpha value is -2.20. The summed E-state index contributed by atoms with van der Waals surface area (Å²) in [6.07, 6.45) is 2.87. The zero-order valence-corrected chi connectivity index (χ0v) is 8.82. The number of nitrogens with zero attached hydrogens (tertiary/aromatic N) is 3. The monoisotopic (exact) mass is 234 g/mol. The normalized spacial score (nSPS) is 9.94. The van der Waals surface area contributed by atoms with Gasteiger partial charge in [-0.15, -0.1) is 11.3 Å². The lowest BCUT2D eigenvalue weighted by molar-refractivity contribution is 0.714.